The summed E-state index contributed by atoms with van der Waals surface area (Å²) in [6, 6.07) is 15.8. The van der Waals surface area contributed by atoms with Gasteiger partial charge in [-0.1, -0.05) is 24.3 Å². The molecule has 0 atom stereocenters. The molecule has 0 saturated heterocycles. The Morgan fingerprint density at radius 2 is 1.96 bits per heavy atom. The number of hydrogen-bond acceptors (Lipinski definition) is 1. The van der Waals surface area contributed by atoms with Crippen molar-refractivity contribution in [1.29, 1.82) is 5.26 Å². The lowest BCUT2D eigenvalue weighted by Gasteiger charge is -2.12. The number of rotatable bonds is 1. The molecule has 0 saturated carbocycles. The molecule has 2 heteroatoms. The molecule has 25 heavy (non-hydrogen) atoms. The molecule has 1 aliphatic carbocycles. The summed E-state index contributed by atoms with van der Waals surface area (Å²) in [6.45, 7) is 1.83. The van der Waals surface area contributed by atoms with Crippen molar-refractivity contribution in [2.75, 3.05) is 0 Å². The number of aromatic nitrogens is 1. The van der Waals surface area contributed by atoms with E-state index in [0.29, 0.717) is 11.1 Å². The van der Waals surface area contributed by atoms with E-state index in [1.54, 1.807) is 12.1 Å². The zero-order valence-electron chi connectivity index (χ0n) is 17.6. The van der Waals surface area contributed by atoms with E-state index in [9.17, 15) is 5.26 Å². The van der Waals surface area contributed by atoms with Crippen molar-refractivity contribution in [2.24, 2.45) is 7.05 Å². The summed E-state index contributed by atoms with van der Waals surface area (Å²) < 4.78 is 25.6. The molecule has 2 aromatic carbocycles. The van der Waals surface area contributed by atoms with E-state index in [1.807, 2.05) is 30.7 Å². The van der Waals surface area contributed by atoms with E-state index < -0.39 is 6.85 Å². The van der Waals surface area contributed by atoms with Gasteiger partial charge in [-0.05, 0) is 54.1 Å². The van der Waals surface area contributed by atoms with Crippen LogP contribution in [0.5, 0.6) is 0 Å². The first kappa shape index (κ1) is 12.4. The topological polar surface area (TPSA) is 27.7 Å². The number of fused-ring (bicyclic) bond motifs is 3. The molecule has 0 amide bonds. The molecule has 0 N–H and O–H groups in total. The average molecular weight is 328 g/mol. The molecule has 4 rings (SSSR count). The van der Waals surface area contributed by atoms with Gasteiger partial charge in [0.15, 0.2) is 5.69 Å². The molecule has 1 aromatic heterocycles. The van der Waals surface area contributed by atoms with Gasteiger partial charge in [0.25, 0.3) is 0 Å². The third kappa shape index (κ3) is 2.27. The standard InChI is InChI=1S/C23H21N2/c1-14-10-16(3)25(4)21(11-14)22-15(2)8-9-19-20(22)12-17-6-5-7-18(13-24)23(17)19/h5-11H,12H2,1-4H3/q+1/i1D3. The first-order valence-corrected chi connectivity index (χ1v) is 8.38. The molecule has 1 aliphatic rings. The molecule has 1 heterocycles. The number of benzene rings is 2. The summed E-state index contributed by atoms with van der Waals surface area (Å²) in [5.74, 6) is 0. The lowest BCUT2D eigenvalue weighted by molar-refractivity contribution is -0.666. The Labute approximate surface area is 153 Å². The number of pyridine rings is 1. The van der Waals surface area contributed by atoms with Gasteiger partial charge in [-0.15, -0.1) is 0 Å². The lowest BCUT2D eigenvalue weighted by Crippen LogP contribution is -2.35. The maximum Gasteiger partial charge on any atom is 0.213 e. The van der Waals surface area contributed by atoms with Crippen molar-refractivity contribution in [3.8, 4) is 28.5 Å². The summed E-state index contributed by atoms with van der Waals surface area (Å²) >= 11 is 0. The Hall–Kier alpha value is -2.92. The van der Waals surface area contributed by atoms with Crippen LogP contribution in [0.15, 0.2) is 42.5 Å². The molecule has 0 fully saturated rings. The molecule has 0 bridgehead atoms. The number of nitrogens with zero attached hydrogens (tertiary/aromatic N) is 2. The molecule has 0 unspecified atom stereocenters. The first-order chi connectivity index (χ1) is 13.2. The first-order valence-electron chi connectivity index (χ1n) is 9.88. The van der Waals surface area contributed by atoms with Crippen LogP contribution in [0.1, 0.15) is 37.6 Å². The monoisotopic (exact) mass is 328 g/mol. The third-order valence-electron chi connectivity index (χ3n) is 5.23. The van der Waals surface area contributed by atoms with Gasteiger partial charge in [0.2, 0.25) is 5.69 Å². The Kier molecular flexibility index (Phi) is 2.77. The fourth-order valence-electron chi connectivity index (χ4n) is 3.93. The van der Waals surface area contributed by atoms with Crippen LogP contribution in [0.2, 0.25) is 0 Å². The Morgan fingerprint density at radius 3 is 2.72 bits per heavy atom. The Balaban J connectivity index is 2.03. The summed E-state index contributed by atoms with van der Waals surface area (Å²) in [6.07, 6.45) is 0.744. The van der Waals surface area contributed by atoms with E-state index in [-0.39, 0.29) is 0 Å². The normalized spacial score (nSPS) is 14.1. The van der Waals surface area contributed by atoms with Crippen LogP contribution in [-0.2, 0) is 13.5 Å². The highest BCUT2D eigenvalue weighted by molar-refractivity contribution is 5.87. The molecule has 122 valence electrons. The van der Waals surface area contributed by atoms with Gasteiger partial charge >= 0.3 is 0 Å². The van der Waals surface area contributed by atoms with Gasteiger partial charge in [0.1, 0.15) is 7.05 Å². The predicted molar refractivity (Wildman–Crippen MR) is 100 cm³/mol. The fraction of sp³-hybridized carbons (Fsp3) is 0.217. The minimum absolute atomic E-state index is 0.350. The van der Waals surface area contributed by atoms with Gasteiger partial charge in [-0.25, -0.2) is 0 Å². The number of aryl methyl sites for hydroxylation is 3. The predicted octanol–water partition coefficient (Wildman–Crippen LogP) is 4.55. The van der Waals surface area contributed by atoms with Gasteiger partial charge < -0.3 is 0 Å². The van der Waals surface area contributed by atoms with E-state index in [1.165, 1.54) is 0 Å². The lowest BCUT2D eigenvalue weighted by atomic mass is 9.92. The van der Waals surface area contributed by atoms with E-state index >= 15 is 0 Å². The molecular weight excluding hydrogens is 304 g/mol. The van der Waals surface area contributed by atoms with Crippen LogP contribution in [0.3, 0.4) is 0 Å². The summed E-state index contributed by atoms with van der Waals surface area (Å²) in [7, 11) is 1.97. The zero-order valence-corrected chi connectivity index (χ0v) is 14.6. The van der Waals surface area contributed by atoms with Crippen LogP contribution < -0.4 is 4.57 Å². The highest BCUT2D eigenvalue weighted by Gasteiger charge is 2.28. The molecule has 0 spiro atoms. The molecular formula is C23H21N2+. The SMILES string of the molecule is [2H]C([2H])([2H])c1cc(C)[n+](C)c(-c2c(C)ccc3c2Cc2cccc(C#N)c2-3)c1. The van der Waals surface area contributed by atoms with Crippen molar-refractivity contribution >= 4 is 0 Å². The van der Waals surface area contributed by atoms with Crippen LogP contribution >= 0.6 is 0 Å². The number of nitriles is 1. The minimum Gasteiger partial charge on any atom is -0.199 e. The largest absolute Gasteiger partial charge is 0.213 e. The van der Waals surface area contributed by atoms with Crippen molar-refractivity contribution in [2.45, 2.75) is 27.1 Å². The smallest absolute Gasteiger partial charge is 0.199 e. The van der Waals surface area contributed by atoms with Crippen LogP contribution in [0.4, 0.5) is 0 Å². The zero-order chi connectivity index (χ0) is 20.2. The van der Waals surface area contributed by atoms with Crippen molar-refractivity contribution < 1.29 is 8.68 Å². The Bertz CT molecular complexity index is 1170. The third-order valence-corrected chi connectivity index (χ3v) is 5.23. The Morgan fingerprint density at radius 1 is 1.12 bits per heavy atom. The molecule has 3 aromatic rings. The number of hydrogen-bond donors (Lipinski definition) is 0. The van der Waals surface area contributed by atoms with E-state index in [0.717, 1.165) is 51.2 Å². The maximum absolute atomic E-state index is 9.56. The van der Waals surface area contributed by atoms with Gasteiger partial charge in [-0.3, -0.25) is 0 Å². The van der Waals surface area contributed by atoms with Crippen molar-refractivity contribution in [3.63, 3.8) is 0 Å². The summed E-state index contributed by atoms with van der Waals surface area (Å²) in [5, 5.41) is 9.56. The van der Waals surface area contributed by atoms with E-state index in [2.05, 4.69) is 31.2 Å². The highest BCUT2D eigenvalue weighted by atomic mass is 14.9. The summed E-state index contributed by atoms with van der Waals surface area (Å²) in [5.41, 5.74) is 9.38. The molecule has 0 radical (unpaired) electrons. The van der Waals surface area contributed by atoms with Gasteiger partial charge in [-0.2, -0.15) is 9.83 Å². The second-order valence-corrected chi connectivity index (χ2v) is 6.74. The minimum atomic E-state index is -2.16. The van der Waals surface area contributed by atoms with Crippen molar-refractivity contribution in [1.82, 2.24) is 0 Å². The molecule has 2 nitrogen and oxygen atoms in total. The van der Waals surface area contributed by atoms with Gasteiger partial charge in [0.05, 0.1) is 17.2 Å². The maximum atomic E-state index is 9.56. The van der Waals surface area contributed by atoms with Gasteiger partial charge in [0, 0.05) is 28.7 Å². The van der Waals surface area contributed by atoms with Crippen LogP contribution in [0, 0.1) is 32.0 Å². The second kappa shape index (κ2) is 5.57. The van der Waals surface area contributed by atoms with Crippen LogP contribution in [0.25, 0.3) is 22.4 Å². The van der Waals surface area contributed by atoms with Crippen molar-refractivity contribution in [3.05, 3.63) is 76.0 Å². The molecule has 0 aliphatic heterocycles. The second-order valence-electron chi connectivity index (χ2n) is 6.74. The van der Waals surface area contributed by atoms with Crippen LogP contribution in [-0.4, -0.2) is 0 Å². The fourth-order valence-corrected chi connectivity index (χ4v) is 3.93. The average Bonchev–Trinajstić information content (AvgIpc) is 3.02. The summed E-state index contributed by atoms with van der Waals surface area (Å²) in [4.78, 5) is 0. The van der Waals surface area contributed by atoms with E-state index in [4.69, 9.17) is 4.11 Å². The highest BCUT2D eigenvalue weighted by Crippen LogP contribution is 2.43. The quantitative estimate of drug-likeness (QED) is 0.471.